The molecule has 0 saturated carbocycles. The molecule has 8 nitrogen and oxygen atoms in total. The maximum atomic E-state index is 5.45. The Morgan fingerprint density at radius 3 is 2.63 bits per heavy atom. The Bertz CT molecular complexity index is 801. The molecule has 8 heteroatoms. The monoisotopic (exact) mass is 372 g/mol. The summed E-state index contributed by atoms with van der Waals surface area (Å²) in [6.45, 7) is 5.37. The summed E-state index contributed by atoms with van der Waals surface area (Å²) in [4.78, 5) is 6.72. The summed E-state index contributed by atoms with van der Waals surface area (Å²) >= 11 is 0. The van der Waals surface area contributed by atoms with Crippen LogP contribution in [0.3, 0.4) is 0 Å². The molecular formula is C19H28N6O2. The summed E-state index contributed by atoms with van der Waals surface area (Å²) in [6, 6.07) is 4.15. The molecule has 0 spiro atoms. The Balaban J connectivity index is 1.64. The zero-order valence-electron chi connectivity index (χ0n) is 16.5. The summed E-state index contributed by atoms with van der Waals surface area (Å²) < 4.78 is 12.9. The number of guanidine groups is 1. The lowest BCUT2D eigenvalue weighted by molar-refractivity contribution is 0.345. The lowest BCUT2D eigenvalue weighted by Crippen LogP contribution is -2.44. The molecule has 3 rings (SSSR count). The van der Waals surface area contributed by atoms with Gasteiger partial charge in [0.1, 0.15) is 12.2 Å². The standard InChI is InChI=1S/C19H28N6O2/c1-5-18-23-22-13-25(18)9-7-21-19(20-2)24-8-6-14-10-16(26-3)17(27-4)11-15(14)12-24/h10-11,13H,5-9,12H2,1-4H3,(H,20,21). The molecule has 0 aliphatic carbocycles. The summed E-state index contributed by atoms with van der Waals surface area (Å²) in [5, 5.41) is 11.6. The zero-order valence-corrected chi connectivity index (χ0v) is 16.5. The van der Waals surface area contributed by atoms with Gasteiger partial charge in [0.15, 0.2) is 17.5 Å². The number of methoxy groups -OCH3 is 2. The van der Waals surface area contributed by atoms with Crippen LogP contribution in [-0.2, 0) is 25.9 Å². The van der Waals surface area contributed by atoms with E-state index in [1.54, 1.807) is 20.5 Å². The van der Waals surface area contributed by atoms with E-state index in [0.29, 0.717) is 0 Å². The van der Waals surface area contributed by atoms with Gasteiger partial charge in [0, 0.05) is 39.6 Å². The van der Waals surface area contributed by atoms with Crippen LogP contribution in [0.2, 0.25) is 0 Å². The van der Waals surface area contributed by atoms with Gasteiger partial charge in [-0.3, -0.25) is 4.99 Å². The van der Waals surface area contributed by atoms with Crippen LogP contribution in [0.1, 0.15) is 23.9 Å². The molecule has 2 aromatic rings. The van der Waals surface area contributed by atoms with E-state index in [1.807, 2.05) is 7.05 Å². The molecule has 1 aromatic heterocycles. The predicted molar refractivity (Wildman–Crippen MR) is 104 cm³/mol. The van der Waals surface area contributed by atoms with Gasteiger partial charge in [0.25, 0.3) is 0 Å². The summed E-state index contributed by atoms with van der Waals surface area (Å²) in [6.07, 6.45) is 3.60. The first-order chi connectivity index (χ1) is 13.2. The Labute approximate surface area is 160 Å². The number of hydrogen-bond acceptors (Lipinski definition) is 5. The number of nitrogens with zero attached hydrogens (tertiary/aromatic N) is 5. The SMILES string of the molecule is CCc1nncn1CCNC(=NC)N1CCc2cc(OC)c(OC)cc2C1. The summed E-state index contributed by atoms with van der Waals surface area (Å²) in [5.74, 6) is 3.45. The van der Waals surface area contributed by atoms with Crippen molar-refractivity contribution in [2.24, 2.45) is 4.99 Å². The van der Waals surface area contributed by atoms with Gasteiger partial charge in [-0.25, -0.2) is 0 Å². The van der Waals surface area contributed by atoms with Gasteiger partial charge in [-0.15, -0.1) is 10.2 Å². The average Bonchev–Trinajstić information content (AvgIpc) is 3.17. The van der Waals surface area contributed by atoms with E-state index >= 15 is 0 Å². The largest absolute Gasteiger partial charge is 0.493 e. The van der Waals surface area contributed by atoms with E-state index in [9.17, 15) is 0 Å². The van der Waals surface area contributed by atoms with Gasteiger partial charge in [-0.1, -0.05) is 6.92 Å². The molecule has 0 fully saturated rings. The van der Waals surface area contributed by atoms with Crippen LogP contribution in [0.25, 0.3) is 0 Å². The number of ether oxygens (including phenoxy) is 2. The van der Waals surface area contributed by atoms with Gasteiger partial charge in [0.05, 0.1) is 14.2 Å². The minimum atomic E-state index is 0.765. The third kappa shape index (κ3) is 4.15. The second-order valence-corrected chi connectivity index (χ2v) is 6.42. The number of rotatable bonds is 6. The lowest BCUT2D eigenvalue weighted by Gasteiger charge is -2.32. The van der Waals surface area contributed by atoms with Crippen LogP contribution in [0.15, 0.2) is 23.5 Å². The zero-order chi connectivity index (χ0) is 19.2. The van der Waals surface area contributed by atoms with Crippen molar-refractivity contribution in [3.05, 3.63) is 35.4 Å². The quantitative estimate of drug-likeness (QED) is 0.612. The average molecular weight is 372 g/mol. The third-order valence-corrected chi connectivity index (χ3v) is 4.88. The Morgan fingerprint density at radius 2 is 1.96 bits per heavy atom. The van der Waals surface area contributed by atoms with E-state index in [2.05, 4.69) is 49.0 Å². The Kier molecular flexibility index (Phi) is 6.16. The van der Waals surface area contributed by atoms with Crippen molar-refractivity contribution in [3.63, 3.8) is 0 Å². The first kappa shape index (κ1) is 19.0. The maximum Gasteiger partial charge on any atom is 0.194 e. The highest BCUT2D eigenvalue weighted by molar-refractivity contribution is 5.80. The van der Waals surface area contributed by atoms with Crippen molar-refractivity contribution in [1.82, 2.24) is 25.0 Å². The van der Waals surface area contributed by atoms with Crippen LogP contribution < -0.4 is 14.8 Å². The second-order valence-electron chi connectivity index (χ2n) is 6.42. The molecule has 1 aliphatic heterocycles. The molecule has 2 heterocycles. The number of hydrogen-bond donors (Lipinski definition) is 1. The van der Waals surface area contributed by atoms with Crippen LogP contribution in [0.5, 0.6) is 11.5 Å². The van der Waals surface area contributed by atoms with Gasteiger partial charge >= 0.3 is 0 Å². The van der Waals surface area contributed by atoms with Crippen molar-refractivity contribution in [3.8, 4) is 11.5 Å². The highest BCUT2D eigenvalue weighted by atomic mass is 16.5. The first-order valence-electron chi connectivity index (χ1n) is 9.26. The van der Waals surface area contributed by atoms with Gasteiger partial charge < -0.3 is 24.3 Å². The van der Waals surface area contributed by atoms with Crippen molar-refractivity contribution in [2.75, 3.05) is 34.4 Å². The molecule has 1 aliphatic rings. The molecule has 0 saturated heterocycles. The van der Waals surface area contributed by atoms with Gasteiger partial charge in [0.2, 0.25) is 0 Å². The topological polar surface area (TPSA) is 76.8 Å². The highest BCUT2D eigenvalue weighted by Crippen LogP contribution is 2.33. The maximum absolute atomic E-state index is 5.45. The van der Waals surface area contributed by atoms with E-state index in [0.717, 1.165) is 62.3 Å². The molecule has 0 unspecified atom stereocenters. The van der Waals surface area contributed by atoms with Gasteiger partial charge in [-0.05, 0) is 29.7 Å². The Morgan fingerprint density at radius 1 is 1.22 bits per heavy atom. The number of aryl methyl sites for hydroxylation is 1. The van der Waals surface area contributed by atoms with E-state index < -0.39 is 0 Å². The molecule has 0 bridgehead atoms. The first-order valence-corrected chi connectivity index (χ1v) is 9.26. The highest BCUT2D eigenvalue weighted by Gasteiger charge is 2.21. The number of benzene rings is 1. The van der Waals surface area contributed by atoms with E-state index in [1.165, 1.54) is 11.1 Å². The molecule has 1 N–H and O–H groups in total. The molecule has 0 amide bonds. The van der Waals surface area contributed by atoms with Gasteiger partial charge in [-0.2, -0.15) is 0 Å². The molecular weight excluding hydrogens is 344 g/mol. The molecule has 0 radical (unpaired) electrons. The minimum Gasteiger partial charge on any atom is -0.493 e. The fourth-order valence-corrected chi connectivity index (χ4v) is 3.42. The van der Waals surface area contributed by atoms with Crippen molar-refractivity contribution < 1.29 is 9.47 Å². The number of nitrogens with one attached hydrogen (secondary N) is 1. The smallest absolute Gasteiger partial charge is 0.194 e. The van der Waals surface area contributed by atoms with Crippen LogP contribution in [0.4, 0.5) is 0 Å². The summed E-state index contributed by atoms with van der Waals surface area (Å²) in [7, 11) is 5.16. The molecule has 146 valence electrons. The molecule has 27 heavy (non-hydrogen) atoms. The fourth-order valence-electron chi connectivity index (χ4n) is 3.42. The van der Waals surface area contributed by atoms with E-state index in [4.69, 9.17) is 9.47 Å². The minimum absolute atomic E-state index is 0.765. The second kappa shape index (κ2) is 8.75. The van der Waals surface area contributed by atoms with Crippen LogP contribution in [-0.4, -0.2) is 60.0 Å². The lowest BCUT2D eigenvalue weighted by atomic mass is 9.99. The van der Waals surface area contributed by atoms with Crippen molar-refractivity contribution in [2.45, 2.75) is 32.9 Å². The van der Waals surface area contributed by atoms with Crippen molar-refractivity contribution >= 4 is 5.96 Å². The predicted octanol–water partition coefficient (Wildman–Crippen LogP) is 1.49. The van der Waals surface area contributed by atoms with E-state index in [-0.39, 0.29) is 0 Å². The number of aliphatic imine (C=N–C) groups is 1. The normalized spacial score (nSPS) is 14.1. The summed E-state index contributed by atoms with van der Waals surface area (Å²) in [5.41, 5.74) is 2.55. The van der Waals surface area contributed by atoms with Crippen LogP contribution in [0, 0.1) is 0 Å². The number of aromatic nitrogens is 3. The molecule has 0 atom stereocenters. The van der Waals surface area contributed by atoms with Crippen molar-refractivity contribution in [1.29, 1.82) is 0 Å². The Hall–Kier alpha value is -2.77. The van der Waals surface area contributed by atoms with Crippen LogP contribution >= 0.6 is 0 Å². The molecule has 1 aromatic carbocycles. The fraction of sp³-hybridized carbons (Fsp3) is 0.526. The number of fused-ring (bicyclic) bond motifs is 1. The third-order valence-electron chi connectivity index (χ3n) is 4.88.